The number of nitrogens with zero attached hydrogens (tertiary/aromatic N) is 3. The molecule has 0 saturated heterocycles. The van der Waals surface area contributed by atoms with Gasteiger partial charge in [0.05, 0.1) is 18.3 Å². The number of fused-ring (bicyclic) bond motifs is 1. The molecule has 4 aromatic rings. The Morgan fingerprint density at radius 3 is 1.74 bits per heavy atom. The number of benzene rings is 1. The molecule has 50 heavy (non-hydrogen) atoms. The van der Waals surface area contributed by atoms with Crippen LogP contribution in [0.4, 0.5) is 5.69 Å². The lowest BCUT2D eigenvalue weighted by atomic mass is 9.86. The molecule has 1 N–H and O–H groups in total. The second-order valence-corrected chi connectivity index (χ2v) is 18.1. The summed E-state index contributed by atoms with van der Waals surface area (Å²) in [5.74, 6) is 1.04. The van der Waals surface area contributed by atoms with Crippen molar-refractivity contribution in [3.05, 3.63) is 126 Å². The molecule has 1 aromatic carbocycles. The second kappa shape index (κ2) is 17.8. The first kappa shape index (κ1) is 42.2. The van der Waals surface area contributed by atoms with Gasteiger partial charge in [0.15, 0.2) is 0 Å². The molecule has 0 bridgehead atoms. The van der Waals surface area contributed by atoms with E-state index in [2.05, 4.69) is 166 Å². The van der Waals surface area contributed by atoms with Crippen LogP contribution in [0.1, 0.15) is 139 Å². The molecule has 6 rings (SSSR count). The molecule has 0 saturated carbocycles. The predicted molar refractivity (Wildman–Crippen MR) is 216 cm³/mol. The third kappa shape index (κ3) is 14.9. The lowest BCUT2D eigenvalue weighted by molar-refractivity contribution is 0.409. The number of hydrogen-bond donors (Lipinski definition) is 1. The Balaban J connectivity index is 0.000000219. The fourth-order valence-electron chi connectivity index (χ4n) is 4.75. The Morgan fingerprint density at radius 1 is 0.680 bits per heavy atom. The average Bonchev–Trinajstić information content (AvgIpc) is 3.84. The number of aromatic amines is 1. The maximum absolute atomic E-state index is 5.20. The molecule has 0 fully saturated rings. The summed E-state index contributed by atoms with van der Waals surface area (Å²) >= 11 is 0. The van der Waals surface area contributed by atoms with Crippen molar-refractivity contribution in [2.24, 2.45) is 10.4 Å². The first-order chi connectivity index (χ1) is 23.0. The molecule has 0 atom stereocenters. The Kier molecular flexibility index (Phi) is 15.0. The van der Waals surface area contributed by atoms with Crippen molar-refractivity contribution in [2.75, 3.05) is 0 Å². The monoisotopic (exact) mass is 679 g/mol. The topological polar surface area (TPSA) is 67.1 Å². The third-order valence-corrected chi connectivity index (χ3v) is 8.23. The molecule has 0 unspecified atom stereocenters. The number of aliphatic imine (C=N–C) groups is 1. The van der Waals surface area contributed by atoms with E-state index in [1.807, 2.05) is 42.9 Å². The Bertz CT molecular complexity index is 1580. The molecule has 2 aliphatic rings. The van der Waals surface area contributed by atoms with E-state index in [9.17, 15) is 0 Å². The Morgan fingerprint density at radius 2 is 1.38 bits per heavy atom. The highest BCUT2D eigenvalue weighted by Gasteiger charge is 2.18. The Labute approximate surface area is 304 Å². The Hall–Kier alpha value is -3.99. The van der Waals surface area contributed by atoms with Gasteiger partial charge in [-0.05, 0) is 58.7 Å². The molecule has 0 amide bonds. The maximum Gasteiger partial charge on any atom is 0.109 e. The fraction of sp³-hybridized carbons (Fsp3) is 0.489. The van der Waals surface area contributed by atoms with Gasteiger partial charge in [0.25, 0.3) is 0 Å². The number of imidazole rings is 1. The van der Waals surface area contributed by atoms with E-state index in [1.165, 1.54) is 16.8 Å². The zero-order chi connectivity index (χ0) is 37.8. The van der Waals surface area contributed by atoms with Crippen molar-refractivity contribution in [1.29, 1.82) is 0 Å². The van der Waals surface area contributed by atoms with Crippen LogP contribution in [0.15, 0.2) is 107 Å². The van der Waals surface area contributed by atoms with Gasteiger partial charge in [0.1, 0.15) is 5.76 Å². The summed E-state index contributed by atoms with van der Waals surface area (Å²) in [7, 11) is 0. The van der Waals surface area contributed by atoms with Gasteiger partial charge in [-0.25, -0.2) is 4.98 Å². The van der Waals surface area contributed by atoms with Crippen molar-refractivity contribution < 1.29 is 4.42 Å². The number of rotatable bonds is 0. The van der Waals surface area contributed by atoms with E-state index in [-0.39, 0.29) is 21.7 Å². The average molecular weight is 679 g/mol. The van der Waals surface area contributed by atoms with Crippen molar-refractivity contribution in [2.45, 2.75) is 138 Å². The van der Waals surface area contributed by atoms with Crippen LogP contribution in [0.25, 0.3) is 0 Å². The number of nitrogens with one attached hydrogen (secondary N) is 1. The quantitative estimate of drug-likeness (QED) is 0.201. The minimum absolute atomic E-state index is 0.156. The van der Waals surface area contributed by atoms with E-state index in [1.54, 1.807) is 18.2 Å². The van der Waals surface area contributed by atoms with E-state index in [4.69, 9.17) is 4.42 Å². The summed E-state index contributed by atoms with van der Waals surface area (Å²) in [6.45, 7) is 32.8. The van der Waals surface area contributed by atoms with Crippen LogP contribution in [0.3, 0.4) is 0 Å². The molecule has 0 radical (unpaired) electrons. The van der Waals surface area contributed by atoms with Gasteiger partial charge < -0.3 is 9.40 Å². The summed E-state index contributed by atoms with van der Waals surface area (Å²) in [6, 6.07) is 16.6. The summed E-state index contributed by atoms with van der Waals surface area (Å²) < 4.78 is 5.20. The molecule has 4 heterocycles. The normalized spacial score (nSPS) is 13.7. The molecule has 5 nitrogen and oxygen atoms in total. The molecule has 272 valence electrons. The van der Waals surface area contributed by atoms with E-state index in [0.717, 1.165) is 30.0 Å². The van der Waals surface area contributed by atoms with Gasteiger partial charge in [0, 0.05) is 52.7 Å². The maximum atomic E-state index is 5.20. The van der Waals surface area contributed by atoms with Crippen molar-refractivity contribution in [3.63, 3.8) is 0 Å². The molecule has 1 aliphatic carbocycles. The van der Waals surface area contributed by atoms with Crippen LogP contribution >= 0.6 is 0 Å². The van der Waals surface area contributed by atoms with Crippen LogP contribution in [0.2, 0.25) is 0 Å². The number of pyridine rings is 1. The highest BCUT2D eigenvalue weighted by Crippen LogP contribution is 2.32. The minimum atomic E-state index is 0.156. The molecule has 1 aliphatic heterocycles. The highest BCUT2D eigenvalue weighted by molar-refractivity contribution is 5.76. The van der Waals surface area contributed by atoms with Gasteiger partial charge in [-0.1, -0.05) is 146 Å². The van der Waals surface area contributed by atoms with Crippen LogP contribution in [0.5, 0.6) is 0 Å². The summed E-state index contributed by atoms with van der Waals surface area (Å²) in [5, 5.41) is 0. The van der Waals surface area contributed by atoms with E-state index in [0.29, 0.717) is 5.41 Å². The van der Waals surface area contributed by atoms with Gasteiger partial charge in [-0.3, -0.25) is 9.98 Å². The molecule has 0 spiro atoms. The largest absolute Gasteiger partial charge is 0.469 e. The van der Waals surface area contributed by atoms with Crippen LogP contribution in [-0.2, 0) is 28.1 Å². The number of H-pyrrole nitrogens is 1. The predicted octanol–water partition coefficient (Wildman–Crippen LogP) is 12.8. The summed E-state index contributed by atoms with van der Waals surface area (Å²) in [6.07, 6.45) is 17.8. The summed E-state index contributed by atoms with van der Waals surface area (Å²) in [4.78, 5) is 15.6. The zero-order valence-electron chi connectivity index (χ0n) is 33.9. The highest BCUT2D eigenvalue weighted by atomic mass is 16.3. The first-order valence-corrected chi connectivity index (χ1v) is 18.0. The number of aromatic nitrogens is 3. The SMILES string of the molecule is CC(C)(C)C1=CC=CC1.CC(C)(C)c1ccc2c(c1)N=CC2.CC(C)(C)c1ccccn1.CC(C)(C)c1ccco1.CC(C)(C)c1cnc[nH]1. The number of furan rings is 1. The molecule has 3 aromatic heterocycles. The molecule has 5 heteroatoms. The smallest absolute Gasteiger partial charge is 0.109 e. The van der Waals surface area contributed by atoms with Gasteiger partial charge in [-0.15, -0.1) is 0 Å². The van der Waals surface area contributed by atoms with E-state index < -0.39 is 0 Å². The van der Waals surface area contributed by atoms with Crippen molar-refractivity contribution in [1.82, 2.24) is 15.0 Å². The van der Waals surface area contributed by atoms with Crippen molar-refractivity contribution in [3.8, 4) is 0 Å². The zero-order valence-corrected chi connectivity index (χ0v) is 33.9. The van der Waals surface area contributed by atoms with Crippen LogP contribution in [0, 0.1) is 5.41 Å². The fourth-order valence-corrected chi connectivity index (χ4v) is 4.75. The first-order valence-electron chi connectivity index (χ1n) is 18.0. The van der Waals surface area contributed by atoms with Gasteiger partial charge in [-0.2, -0.15) is 0 Å². The van der Waals surface area contributed by atoms with Crippen molar-refractivity contribution >= 4 is 11.9 Å². The van der Waals surface area contributed by atoms with E-state index >= 15 is 0 Å². The number of allylic oxidation sites excluding steroid dienone is 4. The van der Waals surface area contributed by atoms with Crippen LogP contribution < -0.4 is 0 Å². The lowest BCUT2D eigenvalue weighted by Crippen LogP contribution is -2.12. The standard InChI is InChI=1S/C12H15N.C9H13N.C9H14.C8H12O.C7H12N2/c1-12(2,3)10-5-4-9-6-7-13-11(9)8-10;1-9(2,3)8-6-4-5-7-10-8;1-9(2,3)8-6-4-5-7-8;1-8(2,3)7-5-4-6-9-7;1-7(2,3)6-4-8-5-9-6/h4-5,7-8H,6H2,1-3H3;4-7H,1-3H3;4-6H,7H2,1-3H3;4-6H,1-3H3;4-5H,1-3H3,(H,8,9). The number of hydrogen-bond acceptors (Lipinski definition) is 4. The van der Waals surface area contributed by atoms with Crippen LogP contribution in [-0.4, -0.2) is 21.2 Å². The molecular formula is C45H66N4O. The summed E-state index contributed by atoms with van der Waals surface area (Å²) in [5.41, 5.74) is 8.91. The lowest BCUT2D eigenvalue weighted by Gasteiger charge is -2.19. The molecular weight excluding hydrogens is 613 g/mol. The second-order valence-electron chi connectivity index (χ2n) is 18.1. The minimum Gasteiger partial charge on any atom is -0.469 e. The van der Waals surface area contributed by atoms with Gasteiger partial charge in [0.2, 0.25) is 0 Å². The third-order valence-electron chi connectivity index (χ3n) is 8.23. The van der Waals surface area contributed by atoms with Gasteiger partial charge >= 0.3 is 0 Å².